The van der Waals surface area contributed by atoms with Gasteiger partial charge in [-0.05, 0) is 63.1 Å². The van der Waals surface area contributed by atoms with Crippen molar-refractivity contribution in [1.82, 2.24) is 59.5 Å². The van der Waals surface area contributed by atoms with Crippen LogP contribution in [0, 0.1) is 11.3 Å². The number of esters is 2. The molecule has 0 atom stereocenters. The summed E-state index contributed by atoms with van der Waals surface area (Å²) < 4.78 is 95.0. The molecule has 0 aromatic carbocycles. The third kappa shape index (κ3) is 21.5. The Hall–Kier alpha value is -6.48. The number of aryl methyl sites for hydroxylation is 2. The van der Waals surface area contributed by atoms with E-state index in [-0.39, 0.29) is 17.1 Å². The molecule has 64 heavy (non-hydrogen) atoms. The van der Waals surface area contributed by atoms with Gasteiger partial charge in [-0.1, -0.05) is 37.1 Å². The molecule has 0 aliphatic carbocycles. The van der Waals surface area contributed by atoms with E-state index >= 15 is 0 Å². The summed E-state index contributed by atoms with van der Waals surface area (Å²) in [7, 11) is -12.0. The summed E-state index contributed by atoms with van der Waals surface area (Å²) >= 11 is 0. The minimum absolute atomic E-state index is 0. The molecule has 0 radical (unpaired) electrons. The van der Waals surface area contributed by atoms with Crippen LogP contribution in [-0.4, -0.2) is 99.2 Å². The Kier molecular flexibility index (Phi) is 24.5. The normalized spacial score (nSPS) is 10.4. The topological polar surface area (TPSA) is 199 Å². The maximum atomic E-state index is 12.2. The van der Waals surface area contributed by atoms with Gasteiger partial charge in [0.15, 0.2) is 11.6 Å². The van der Waals surface area contributed by atoms with Gasteiger partial charge in [-0.15, -0.1) is 10.2 Å². The third-order valence-electron chi connectivity index (χ3n) is 7.21. The van der Waals surface area contributed by atoms with Crippen LogP contribution in [0.15, 0.2) is 73.6 Å². The summed E-state index contributed by atoms with van der Waals surface area (Å²) in [6.45, 7) is 11.4. The molecule has 0 N–H and O–H groups in total. The minimum Gasteiger partial charge on any atom is -0.462 e. The zero-order chi connectivity index (χ0) is 47.0. The molecule has 6 heterocycles. The van der Waals surface area contributed by atoms with Gasteiger partial charge in [-0.25, -0.2) is 28.9 Å². The van der Waals surface area contributed by atoms with Gasteiger partial charge in [0.05, 0.1) is 54.2 Å². The summed E-state index contributed by atoms with van der Waals surface area (Å²) in [5, 5.41) is 32.3. The van der Waals surface area contributed by atoms with Crippen LogP contribution in [0.2, 0.25) is 0 Å². The maximum absolute atomic E-state index is 12.2. The first-order chi connectivity index (χ1) is 29.8. The van der Waals surface area contributed by atoms with E-state index < -0.39 is 26.4 Å². The van der Waals surface area contributed by atoms with Crippen LogP contribution >= 0.6 is 0 Å². The Labute approximate surface area is 372 Å². The fourth-order valence-electron chi connectivity index (χ4n) is 4.69. The average molecular weight is 951 g/mol. The van der Waals surface area contributed by atoms with Crippen molar-refractivity contribution in [3.8, 4) is 40.5 Å². The van der Waals surface area contributed by atoms with Crippen LogP contribution in [0.5, 0.6) is 0 Å². The predicted molar refractivity (Wildman–Crippen MR) is 214 cm³/mol. The van der Waals surface area contributed by atoms with E-state index in [0.717, 1.165) is 38.8 Å². The van der Waals surface area contributed by atoms with Crippen molar-refractivity contribution in [2.45, 2.75) is 73.4 Å². The first-order valence-corrected chi connectivity index (χ1v) is 19.1. The molecule has 6 aromatic heterocycles. The Morgan fingerprint density at radius 3 is 1.27 bits per heavy atom. The van der Waals surface area contributed by atoms with Crippen LogP contribution in [0.4, 0.5) is 34.5 Å². The van der Waals surface area contributed by atoms with E-state index in [2.05, 4.69) is 54.6 Å². The smallest absolute Gasteiger partial charge is 0.462 e. The largest absolute Gasteiger partial charge is 2.00 e. The van der Waals surface area contributed by atoms with E-state index in [9.17, 15) is 44.1 Å². The molecule has 0 saturated carbocycles. The number of carbonyl (C=O) groups is 2. The summed E-state index contributed by atoms with van der Waals surface area (Å²) in [5.41, 5.74) is 3.13. The van der Waals surface area contributed by atoms with E-state index in [1.54, 1.807) is 99.8 Å². The first kappa shape index (κ1) is 55.5. The summed E-state index contributed by atoms with van der Waals surface area (Å²) in [5.74, 6) is 0.234. The van der Waals surface area contributed by atoms with Crippen LogP contribution in [0.1, 0.15) is 81.0 Å². The molecule has 28 heteroatoms. The van der Waals surface area contributed by atoms with Crippen LogP contribution in [-0.2, 0) is 39.6 Å². The van der Waals surface area contributed by atoms with Gasteiger partial charge in [-0.2, -0.15) is 15.5 Å². The summed E-state index contributed by atoms with van der Waals surface area (Å²) in [6, 6.07) is 12.0. The Morgan fingerprint density at radius 1 is 0.641 bits per heavy atom. The molecular formula is C36H43B2F8FeN13O4. The molecule has 6 aromatic rings. The second-order valence-electron chi connectivity index (χ2n) is 12.2. The van der Waals surface area contributed by atoms with Gasteiger partial charge < -0.3 is 44.0 Å². The molecule has 0 aliphatic heterocycles. The average Bonchev–Trinajstić information content (AvgIpc) is 4.07. The number of rotatable bonds is 14. The predicted octanol–water partition coefficient (Wildman–Crippen LogP) is 8.13. The molecule has 6 rings (SSSR count). The van der Waals surface area contributed by atoms with E-state index in [4.69, 9.17) is 14.7 Å². The Bertz CT molecular complexity index is 2140. The zero-order valence-electron chi connectivity index (χ0n) is 35.1. The van der Waals surface area contributed by atoms with Gasteiger partial charge in [-0.3, -0.25) is 9.36 Å². The number of carbonyl (C=O) groups excluding carboxylic acids is 2. The third-order valence-corrected chi connectivity index (χ3v) is 7.21. The van der Waals surface area contributed by atoms with Gasteiger partial charge >= 0.3 is 43.5 Å². The minimum atomic E-state index is -6.00. The van der Waals surface area contributed by atoms with Crippen molar-refractivity contribution < 1.29 is 70.7 Å². The van der Waals surface area contributed by atoms with Crippen molar-refractivity contribution in [1.29, 1.82) is 5.26 Å². The molecule has 0 bridgehead atoms. The number of unbranched alkanes of at least 4 members (excludes halogenated alkanes) is 2. The van der Waals surface area contributed by atoms with Crippen molar-refractivity contribution in [3.63, 3.8) is 0 Å². The number of ether oxygens (including phenoxy) is 2. The van der Waals surface area contributed by atoms with Crippen LogP contribution < -0.4 is 0 Å². The molecule has 0 unspecified atom stereocenters. The van der Waals surface area contributed by atoms with E-state index in [1.807, 2.05) is 12.4 Å². The van der Waals surface area contributed by atoms with Crippen molar-refractivity contribution in [3.05, 3.63) is 84.7 Å². The SMILES string of the molecule is CC#N.CCCCn1cc(-c2cc(C(=O)OCC)cc(-n3cccn3)n2)nn1.CCCCn1cc(-c2cc(C(=O)OCC)cc(-n3cccn3)n2)nn1.F[B-](F)(F)F.F[B-](F)(F)F.[Fe+2]. The van der Waals surface area contributed by atoms with Crippen LogP contribution in [0.3, 0.4) is 0 Å². The fraction of sp³-hybridized carbons (Fsp3) is 0.361. The maximum Gasteiger partial charge on any atom is 2.00 e. The zero-order valence-corrected chi connectivity index (χ0v) is 36.2. The van der Waals surface area contributed by atoms with Crippen LogP contribution in [0.25, 0.3) is 34.4 Å². The number of aromatic nitrogens is 12. The van der Waals surface area contributed by atoms with Crippen molar-refractivity contribution >= 4 is 26.4 Å². The van der Waals surface area contributed by atoms with Crippen molar-refractivity contribution in [2.75, 3.05) is 13.2 Å². The molecular weight excluding hydrogens is 908 g/mol. The molecule has 0 amide bonds. The molecule has 0 spiro atoms. The summed E-state index contributed by atoms with van der Waals surface area (Å²) in [4.78, 5) is 33.5. The standard InChI is InChI=1S/2C17H20N6O2.C2H3N.2BF4.Fe/c2*1-3-5-8-22-12-15(20-21-22)14-10-13(17(24)25-4-2)11-16(19-14)23-9-6-7-18-23;1-2-3;2*2-1(3,4)5;/h2*6-7,9-12H,3-5,8H2,1-2H3;1H3;;;/q;;;2*-1;+2. The van der Waals surface area contributed by atoms with Gasteiger partial charge in [0.1, 0.15) is 11.4 Å². The monoisotopic (exact) mass is 951 g/mol. The van der Waals surface area contributed by atoms with Gasteiger partial charge in [0, 0.05) is 44.8 Å². The van der Waals surface area contributed by atoms with E-state index in [0.29, 0.717) is 58.8 Å². The first-order valence-electron chi connectivity index (χ1n) is 19.1. The summed E-state index contributed by atoms with van der Waals surface area (Å²) in [6.07, 6.45) is 14.7. The van der Waals surface area contributed by atoms with Gasteiger partial charge in [0.2, 0.25) is 0 Å². The molecule has 0 fully saturated rings. The molecule has 346 valence electrons. The van der Waals surface area contributed by atoms with Crippen molar-refractivity contribution in [2.24, 2.45) is 0 Å². The second kappa shape index (κ2) is 28.3. The molecule has 0 aliphatic rings. The number of pyridine rings is 2. The number of nitrogens with zero attached hydrogens (tertiary/aromatic N) is 13. The number of hydrogen-bond donors (Lipinski definition) is 0. The van der Waals surface area contributed by atoms with E-state index in [1.165, 1.54) is 6.92 Å². The number of halogens is 8. The Morgan fingerprint density at radius 2 is 0.984 bits per heavy atom. The quantitative estimate of drug-likeness (QED) is 0.0577. The number of nitriles is 1. The second-order valence-corrected chi connectivity index (χ2v) is 12.2. The molecule has 0 saturated heterocycles. The number of hydrogen-bond acceptors (Lipinski definition) is 13. The molecule has 17 nitrogen and oxygen atoms in total. The fourth-order valence-corrected chi connectivity index (χ4v) is 4.69. The van der Waals surface area contributed by atoms with Gasteiger partial charge in [0.25, 0.3) is 0 Å². The Balaban J connectivity index is 0.000000497.